The smallest absolute Gasteiger partial charge is 0.241 e. The van der Waals surface area contributed by atoms with Gasteiger partial charge in [0.15, 0.2) is 6.19 Å². The predicted octanol–water partition coefficient (Wildman–Crippen LogP) is 1.18. The molecule has 1 aromatic rings. The van der Waals surface area contributed by atoms with Crippen molar-refractivity contribution in [3.8, 4) is 6.19 Å². The lowest BCUT2D eigenvalue weighted by Gasteiger charge is -2.15. The molecule has 1 unspecified atom stereocenters. The lowest BCUT2D eigenvalue weighted by molar-refractivity contribution is -0.115. The second-order valence-electron chi connectivity index (χ2n) is 5.53. The fourth-order valence-corrected chi connectivity index (χ4v) is 3.98. The van der Waals surface area contributed by atoms with Gasteiger partial charge in [-0.2, -0.15) is 5.26 Å². The Kier molecular flexibility index (Phi) is 5.23. The van der Waals surface area contributed by atoms with Gasteiger partial charge >= 0.3 is 0 Å². The molecule has 0 aliphatic carbocycles. The largest absolute Gasteiger partial charge is 0.326 e. The van der Waals surface area contributed by atoms with Gasteiger partial charge in [0.05, 0.1) is 4.90 Å². The van der Waals surface area contributed by atoms with Gasteiger partial charge in [-0.05, 0) is 31.0 Å². The van der Waals surface area contributed by atoms with Crippen LogP contribution in [0.1, 0.15) is 25.3 Å². The fourth-order valence-electron chi connectivity index (χ4n) is 2.45. The minimum Gasteiger partial charge on any atom is -0.326 e. The molecule has 1 aromatic carbocycles. The highest BCUT2D eigenvalue weighted by Crippen LogP contribution is 2.21. The molecule has 0 spiro atoms. The molecule has 2 N–H and O–H groups in total. The van der Waals surface area contributed by atoms with Crippen LogP contribution in [-0.2, 0) is 14.8 Å². The molecule has 8 heteroatoms. The van der Waals surface area contributed by atoms with Crippen LogP contribution in [0.5, 0.6) is 0 Å². The minimum atomic E-state index is -3.71. The minimum absolute atomic E-state index is 0.141. The number of benzene rings is 1. The Morgan fingerprint density at radius 3 is 2.83 bits per heavy atom. The number of rotatable bonds is 5. The van der Waals surface area contributed by atoms with E-state index in [1.54, 1.807) is 26.0 Å². The van der Waals surface area contributed by atoms with Gasteiger partial charge in [0, 0.05) is 31.2 Å². The first-order valence-corrected chi connectivity index (χ1v) is 8.91. The molecule has 0 bridgehead atoms. The molecular formula is C15H20N4O3S. The van der Waals surface area contributed by atoms with Gasteiger partial charge in [0.2, 0.25) is 15.9 Å². The number of amides is 1. The number of sulfonamides is 1. The summed E-state index contributed by atoms with van der Waals surface area (Å²) in [5, 5.41) is 11.5. The Hall–Kier alpha value is -2.11. The van der Waals surface area contributed by atoms with Crippen molar-refractivity contribution in [3.05, 3.63) is 23.8 Å². The number of hydrogen-bond acceptors (Lipinski definition) is 5. The van der Waals surface area contributed by atoms with E-state index in [0.29, 0.717) is 37.2 Å². The van der Waals surface area contributed by atoms with Gasteiger partial charge < -0.3 is 10.2 Å². The molecule has 1 fully saturated rings. The number of aryl methyl sites for hydroxylation is 1. The summed E-state index contributed by atoms with van der Waals surface area (Å²) in [5.74, 6) is -0.175. The molecule has 2 rings (SSSR count). The summed E-state index contributed by atoms with van der Waals surface area (Å²) in [6.45, 7) is 4.36. The van der Waals surface area contributed by atoms with E-state index in [4.69, 9.17) is 5.26 Å². The zero-order chi connectivity index (χ0) is 17.0. The first kappa shape index (κ1) is 17.2. The summed E-state index contributed by atoms with van der Waals surface area (Å²) in [5.41, 5.74) is 1.05. The second-order valence-corrected chi connectivity index (χ2v) is 7.22. The van der Waals surface area contributed by atoms with Crippen molar-refractivity contribution in [1.29, 1.82) is 5.26 Å². The number of nitrogens with one attached hydrogen (secondary N) is 2. The molecule has 0 saturated carbocycles. The van der Waals surface area contributed by atoms with Crippen LogP contribution >= 0.6 is 0 Å². The van der Waals surface area contributed by atoms with Crippen molar-refractivity contribution in [2.75, 3.05) is 18.4 Å². The Bertz CT molecular complexity index is 740. The van der Waals surface area contributed by atoms with Crippen molar-refractivity contribution >= 4 is 21.6 Å². The summed E-state index contributed by atoms with van der Waals surface area (Å²) in [6.07, 6.45) is 2.93. The number of hydrogen-bond donors (Lipinski definition) is 2. The zero-order valence-corrected chi connectivity index (χ0v) is 14.0. The van der Waals surface area contributed by atoms with Crippen LogP contribution in [0.15, 0.2) is 23.1 Å². The van der Waals surface area contributed by atoms with E-state index in [-0.39, 0.29) is 16.8 Å². The maximum absolute atomic E-state index is 12.6. The fraction of sp³-hybridized carbons (Fsp3) is 0.467. The molecule has 124 valence electrons. The van der Waals surface area contributed by atoms with Crippen LogP contribution in [0.2, 0.25) is 0 Å². The van der Waals surface area contributed by atoms with Gasteiger partial charge in [-0.15, -0.1) is 0 Å². The number of carbonyl (C=O) groups is 1. The highest BCUT2D eigenvalue weighted by molar-refractivity contribution is 7.89. The van der Waals surface area contributed by atoms with Gasteiger partial charge in [-0.1, -0.05) is 13.0 Å². The summed E-state index contributed by atoms with van der Waals surface area (Å²) < 4.78 is 27.8. The highest BCUT2D eigenvalue weighted by atomic mass is 32.2. The van der Waals surface area contributed by atoms with Gasteiger partial charge in [-0.25, -0.2) is 13.1 Å². The van der Waals surface area contributed by atoms with Crippen LogP contribution in [0.3, 0.4) is 0 Å². The molecule has 0 aromatic heterocycles. The third kappa shape index (κ3) is 4.21. The SMILES string of the molecule is CCC(=O)Nc1ccc(C)c(S(=O)(=O)NC2CCN(C#N)C2)c1. The summed E-state index contributed by atoms with van der Waals surface area (Å²) in [6, 6.07) is 4.51. The van der Waals surface area contributed by atoms with Crippen molar-refractivity contribution in [1.82, 2.24) is 9.62 Å². The van der Waals surface area contributed by atoms with E-state index in [0.717, 1.165) is 0 Å². The molecule has 1 heterocycles. The Balaban J connectivity index is 2.20. The lowest BCUT2D eigenvalue weighted by Crippen LogP contribution is -2.36. The van der Waals surface area contributed by atoms with Gasteiger partial charge in [0.1, 0.15) is 0 Å². The van der Waals surface area contributed by atoms with Crippen molar-refractivity contribution in [2.24, 2.45) is 0 Å². The molecule has 1 aliphatic heterocycles. The first-order valence-electron chi connectivity index (χ1n) is 7.43. The highest BCUT2D eigenvalue weighted by Gasteiger charge is 2.27. The van der Waals surface area contributed by atoms with Crippen molar-refractivity contribution in [2.45, 2.75) is 37.6 Å². The lowest BCUT2D eigenvalue weighted by atomic mass is 10.2. The molecule has 1 saturated heterocycles. The van der Waals surface area contributed by atoms with Crippen molar-refractivity contribution < 1.29 is 13.2 Å². The molecule has 0 radical (unpaired) electrons. The Morgan fingerprint density at radius 2 is 2.22 bits per heavy atom. The van der Waals surface area contributed by atoms with E-state index < -0.39 is 10.0 Å². The van der Waals surface area contributed by atoms with Crippen LogP contribution in [0.25, 0.3) is 0 Å². The quantitative estimate of drug-likeness (QED) is 0.786. The van der Waals surface area contributed by atoms with Crippen molar-refractivity contribution in [3.63, 3.8) is 0 Å². The van der Waals surface area contributed by atoms with Crippen LogP contribution in [-0.4, -0.2) is 38.4 Å². The number of anilines is 1. The predicted molar refractivity (Wildman–Crippen MR) is 86.0 cm³/mol. The Morgan fingerprint density at radius 1 is 1.48 bits per heavy atom. The maximum Gasteiger partial charge on any atom is 0.241 e. The monoisotopic (exact) mass is 336 g/mol. The van der Waals surface area contributed by atoms with Crippen LogP contribution < -0.4 is 10.0 Å². The van der Waals surface area contributed by atoms with E-state index in [1.807, 2.05) is 6.19 Å². The molecule has 23 heavy (non-hydrogen) atoms. The number of carbonyl (C=O) groups excluding carboxylic acids is 1. The van der Waals surface area contributed by atoms with E-state index in [2.05, 4.69) is 10.0 Å². The van der Waals surface area contributed by atoms with Gasteiger partial charge in [0.25, 0.3) is 0 Å². The Labute approximate surface area is 136 Å². The number of likely N-dealkylation sites (tertiary alicyclic amines) is 1. The third-order valence-corrected chi connectivity index (χ3v) is 5.40. The maximum atomic E-state index is 12.6. The zero-order valence-electron chi connectivity index (χ0n) is 13.2. The normalized spacial score (nSPS) is 17.8. The molecule has 1 atom stereocenters. The van der Waals surface area contributed by atoms with Crippen LogP contribution in [0, 0.1) is 18.4 Å². The average Bonchev–Trinajstić information content (AvgIpc) is 2.95. The topological polar surface area (TPSA) is 102 Å². The number of nitriles is 1. The summed E-state index contributed by atoms with van der Waals surface area (Å²) >= 11 is 0. The average molecular weight is 336 g/mol. The first-order chi connectivity index (χ1) is 10.9. The molecule has 1 amide bonds. The standard InChI is InChI=1S/C15H20N4O3S/c1-3-15(20)17-12-5-4-11(2)14(8-12)23(21,22)18-13-6-7-19(9-13)10-16/h4-5,8,13,18H,3,6-7,9H2,1-2H3,(H,17,20). The van der Waals surface area contributed by atoms with E-state index in [9.17, 15) is 13.2 Å². The molecular weight excluding hydrogens is 316 g/mol. The second kappa shape index (κ2) is 6.98. The summed E-state index contributed by atoms with van der Waals surface area (Å²) in [4.78, 5) is 13.1. The molecule has 7 nitrogen and oxygen atoms in total. The third-order valence-electron chi connectivity index (χ3n) is 3.73. The van der Waals surface area contributed by atoms with E-state index in [1.165, 1.54) is 11.0 Å². The van der Waals surface area contributed by atoms with Crippen LogP contribution in [0.4, 0.5) is 5.69 Å². The summed E-state index contributed by atoms with van der Waals surface area (Å²) in [7, 11) is -3.71. The molecule has 1 aliphatic rings. The van der Waals surface area contributed by atoms with Gasteiger partial charge in [-0.3, -0.25) is 4.79 Å². The number of nitrogens with zero attached hydrogens (tertiary/aromatic N) is 2. The van der Waals surface area contributed by atoms with E-state index >= 15 is 0 Å².